The van der Waals surface area contributed by atoms with Crippen molar-refractivity contribution in [1.82, 2.24) is 20.7 Å². The minimum absolute atomic E-state index is 0.0395. The number of nitrogens with two attached hydrogens (primary N) is 2. The number of nitrogens with zero attached hydrogens (tertiary/aromatic N) is 3. The van der Waals surface area contributed by atoms with Crippen molar-refractivity contribution in [1.29, 1.82) is 0 Å². The monoisotopic (exact) mass is 565 g/mol. The molecule has 2 heterocycles. The second-order valence-electron chi connectivity index (χ2n) is 8.21. The summed E-state index contributed by atoms with van der Waals surface area (Å²) in [7, 11) is 0. The normalized spacial score (nSPS) is 12.3. The van der Waals surface area contributed by atoms with Crippen molar-refractivity contribution in [3.63, 3.8) is 0 Å². The minimum Gasteiger partial charge on any atom is -0.406 e. The summed E-state index contributed by atoms with van der Waals surface area (Å²) in [5.41, 5.74) is 13.2. The molecule has 0 aliphatic rings. The molecule has 0 aliphatic carbocycles. The molecule has 15 heteroatoms. The number of rotatable bonds is 13. The molecule has 0 saturated heterocycles. The maximum atomic E-state index is 12.4. The number of nitrogens with one attached hydrogen (secondary N) is 2. The van der Waals surface area contributed by atoms with Gasteiger partial charge in [0.2, 0.25) is 16.9 Å². The van der Waals surface area contributed by atoms with Crippen molar-refractivity contribution < 1.29 is 32.0 Å². The molecule has 0 atom stereocenters. The summed E-state index contributed by atoms with van der Waals surface area (Å²) in [6.07, 6.45) is 2.24. The number of allylic oxidation sites excluding steroid dienone is 3. The van der Waals surface area contributed by atoms with Gasteiger partial charge in [0.05, 0.1) is 18.5 Å². The highest BCUT2D eigenvalue weighted by atomic mass is 32.1. The zero-order valence-electron chi connectivity index (χ0n) is 20.5. The number of aryl methyl sites for hydroxylation is 1. The molecule has 0 spiro atoms. The second kappa shape index (κ2) is 13.9. The SMILES string of the molecule is N/C(=C\C=C(/N)NC(=O)Cc1cccc(OC(F)(F)F)c1)CCCCc1nnc(NC(=O)Cc2ccon2)s1. The zero-order valence-corrected chi connectivity index (χ0v) is 21.3. The van der Waals surface area contributed by atoms with Gasteiger partial charge in [-0.05, 0) is 49.1 Å². The van der Waals surface area contributed by atoms with E-state index < -0.39 is 18.0 Å². The highest BCUT2D eigenvalue weighted by Crippen LogP contribution is 2.23. The summed E-state index contributed by atoms with van der Waals surface area (Å²) < 4.78 is 45.6. The average molecular weight is 566 g/mol. The molecular formula is C24H26F3N7O4S. The number of carbonyl (C=O) groups excluding carboxylic acids is 2. The Morgan fingerprint density at radius 3 is 2.64 bits per heavy atom. The molecule has 6 N–H and O–H groups in total. The first kappa shape index (κ1) is 29.2. The van der Waals surface area contributed by atoms with E-state index in [2.05, 4.69) is 30.7 Å². The summed E-state index contributed by atoms with van der Waals surface area (Å²) >= 11 is 1.29. The standard InChI is InChI=1S/C24H26F3N7O4S/c25-24(26,27)38-18-6-3-4-15(12-18)13-20(35)30-19(29)9-8-16(28)5-1-2-7-22-32-33-23(39-22)31-21(36)14-17-10-11-37-34-17/h3-4,6,8-12H,1-2,5,7,13-14,28-29H2,(H,30,35)(H,31,33,36)/b16-8-,19-9+. The molecule has 208 valence electrons. The number of ether oxygens (including phenoxy) is 1. The van der Waals surface area contributed by atoms with E-state index in [0.717, 1.165) is 30.0 Å². The van der Waals surface area contributed by atoms with Crippen LogP contribution in [0.25, 0.3) is 0 Å². The van der Waals surface area contributed by atoms with E-state index in [1.165, 1.54) is 35.8 Å². The molecule has 2 aromatic heterocycles. The van der Waals surface area contributed by atoms with Gasteiger partial charge < -0.3 is 31.4 Å². The molecule has 3 rings (SSSR count). The van der Waals surface area contributed by atoms with Gasteiger partial charge in [0.25, 0.3) is 0 Å². The maximum absolute atomic E-state index is 12.4. The number of unbranched alkanes of at least 4 members (excludes halogenated alkanes) is 1. The Morgan fingerprint density at radius 1 is 1.08 bits per heavy atom. The van der Waals surface area contributed by atoms with Gasteiger partial charge in [0.15, 0.2) is 0 Å². The zero-order chi connectivity index (χ0) is 28.3. The van der Waals surface area contributed by atoms with Crippen LogP contribution in [-0.2, 0) is 28.9 Å². The molecule has 0 fully saturated rings. The molecule has 0 unspecified atom stereocenters. The third kappa shape index (κ3) is 11.3. The summed E-state index contributed by atoms with van der Waals surface area (Å²) in [5.74, 6) is -1.15. The van der Waals surface area contributed by atoms with E-state index >= 15 is 0 Å². The van der Waals surface area contributed by atoms with Crippen LogP contribution in [0.3, 0.4) is 0 Å². The lowest BCUT2D eigenvalue weighted by Gasteiger charge is -2.10. The van der Waals surface area contributed by atoms with E-state index in [1.807, 2.05) is 0 Å². The van der Waals surface area contributed by atoms with Gasteiger partial charge in [0.1, 0.15) is 22.8 Å². The Kier molecular flexibility index (Phi) is 10.4. The van der Waals surface area contributed by atoms with Crippen molar-refractivity contribution in [2.24, 2.45) is 11.5 Å². The molecule has 1 aromatic carbocycles. The van der Waals surface area contributed by atoms with E-state index in [-0.39, 0.29) is 24.6 Å². The van der Waals surface area contributed by atoms with E-state index in [4.69, 9.17) is 16.0 Å². The number of carbonyl (C=O) groups is 2. The third-order valence-corrected chi connectivity index (χ3v) is 5.81. The molecule has 3 aromatic rings. The molecule has 0 saturated carbocycles. The lowest BCUT2D eigenvalue weighted by molar-refractivity contribution is -0.274. The van der Waals surface area contributed by atoms with Crippen LogP contribution in [0.2, 0.25) is 0 Å². The Morgan fingerprint density at radius 2 is 1.90 bits per heavy atom. The van der Waals surface area contributed by atoms with Gasteiger partial charge in [-0.15, -0.1) is 23.4 Å². The van der Waals surface area contributed by atoms with Crippen molar-refractivity contribution in [3.05, 3.63) is 76.5 Å². The number of aromatic nitrogens is 3. The fraction of sp³-hybridized carbons (Fsp3) is 0.292. The number of alkyl halides is 3. The van der Waals surface area contributed by atoms with Gasteiger partial charge in [0, 0.05) is 18.2 Å². The van der Waals surface area contributed by atoms with Crippen LogP contribution < -0.4 is 26.8 Å². The Labute approximate surface area is 225 Å². The first-order valence-electron chi connectivity index (χ1n) is 11.6. The Balaban J connectivity index is 1.35. The number of halogens is 3. The summed E-state index contributed by atoms with van der Waals surface area (Å²) in [4.78, 5) is 24.1. The fourth-order valence-corrected chi connectivity index (χ4v) is 4.03. The maximum Gasteiger partial charge on any atom is 0.573 e. The lowest BCUT2D eigenvalue weighted by atomic mass is 10.1. The second-order valence-corrected chi connectivity index (χ2v) is 9.27. The van der Waals surface area contributed by atoms with Crippen molar-refractivity contribution >= 4 is 28.3 Å². The van der Waals surface area contributed by atoms with Gasteiger partial charge >= 0.3 is 6.36 Å². The lowest BCUT2D eigenvalue weighted by Crippen LogP contribution is -2.28. The van der Waals surface area contributed by atoms with Crippen LogP contribution in [0.4, 0.5) is 18.3 Å². The van der Waals surface area contributed by atoms with Crippen LogP contribution >= 0.6 is 11.3 Å². The van der Waals surface area contributed by atoms with Crippen LogP contribution in [0.1, 0.15) is 35.5 Å². The summed E-state index contributed by atoms with van der Waals surface area (Å²) in [6.45, 7) is 0. The van der Waals surface area contributed by atoms with Crippen molar-refractivity contribution in [2.45, 2.75) is 44.9 Å². The fourth-order valence-electron chi connectivity index (χ4n) is 3.23. The third-order valence-electron chi connectivity index (χ3n) is 4.91. The Hall–Kier alpha value is -4.40. The summed E-state index contributed by atoms with van der Waals surface area (Å²) in [6, 6.07) is 6.74. The molecule has 0 radical (unpaired) electrons. The highest BCUT2D eigenvalue weighted by Gasteiger charge is 2.31. The van der Waals surface area contributed by atoms with E-state index in [0.29, 0.717) is 34.9 Å². The van der Waals surface area contributed by atoms with Gasteiger partial charge in [-0.2, -0.15) is 0 Å². The van der Waals surface area contributed by atoms with E-state index in [1.54, 1.807) is 12.1 Å². The number of hydrogen-bond acceptors (Lipinski definition) is 10. The number of amides is 2. The first-order chi connectivity index (χ1) is 18.6. The topological polar surface area (TPSA) is 171 Å². The average Bonchev–Trinajstić information content (AvgIpc) is 3.51. The summed E-state index contributed by atoms with van der Waals surface area (Å²) in [5, 5.41) is 18.0. The largest absolute Gasteiger partial charge is 0.573 e. The molecule has 0 aliphatic heterocycles. The van der Waals surface area contributed by atoms with Crippen molar-refractivity contribution in [3.8, 4) is 5.75 Å². The molecular weight excluding hydrogens is 539 g/mol. The van der Waals surface area contributed by atoms with E-state index in [9.17, 15) is 22.8 Å². The molecule has 11 nitrogen and oxygen atoms in total. The van der Waals surface area contributed by atoms with Crippen molar-refractivity contribution in [2.75, 3.05) is 5.32 Å². The smallest absolute Gasteiger partial charge is 0.406 e. The number of benzene rings is 1. The van der Waals surface area contributed by atoms with Gasteiger partial charge in [-0.3, -0.25) is 9.59 Å². The van der Waals surface area contributed by atoms with Crippen LogP contribution in [0.15, 0.2) is 64.8 Å². The number of anilines is 1. The van der Waals surface area contributed by atoms with Gasteiger partial charge in [-0.25, -0.2) is 0 Å². The van der Waals surface area contributed by atoms with Crippen LogP contribution in [-0.4, -0.2) is 33.5 Å². The molecule has 39 heavy (non-hydrogen) atoms. The predicted molar refractivity (Wildman–Crippen MR) is 136 cm³/mol. The predicted octanol–water partition coefficient (Wildman–Crippen LogP) is 3.32. The van der Waals surface area contributed by atoms with Crippen LogP contribution in [0, 0.1) is 0 Å². The number of hydrogen-bond donors (Lipinski definition) is 4. The van der Waals surface area contributed by atoms with Crippen LogP contribution in [0.5, 0.6) is 5.75 Å². The minimum atomic E-state index is -4.82. The molecule has 0 bridgehead atoms. The van der Waals surface area contributed by atoms with Gasteiger partial charge in [-0.1, -0.05) is 28.6 Å². The quantitative estimate of drug-likeness (QED) is 0.179. The Bertz CT molecular complexity index is 1310. The highest BCUT2D eigenvalue weighted by molar-refractivity contribution is 7.15. The first-order valence-corrected chi connectivity index (χ1v) is 12.5. The molecule has 2 amide bonds.